The maximum Gasteiger partial charge on any atom is 0.133 e. The van der Waals surface area contributed by atoms with E-state index >= 15 is 0 Å². The molecule has 0 amide bonds. The van der Waals surface area contributed by atoms with Crippen molar-refractivity contribution in [3.05, 3.63) is 0 Å². The van der Waals surface area contributed by atoms with Gasteiger partial charge in [-0.15, -0.1) is 0 Å². The summed E-state index contributed by atoms with van der Waals surface area (Å²) in [6.45, 7) is 5.12. The second-order valence-corrected chi connectivity index (χ2v) is 12.7. The summed E-state index contributed by atoms with van der Waals surface area (Å²) in [5.41, 5.74) is 0.482. The van der Waals surface area contributed by atoms with Crippen molar-refractivity contribution in [1.29, 1.82) is 0 Å². The first-order chi connectivity index (χ1) is 7.48. The van der Waals surface area contributed by atoms with Gasteiger partial charge in [0, 0.05) is 20.9 Å². The molecule has 0 bridgehead atoms. The topological polar surface area (TPSA) is 17.1 Å². The standard InChI is InChI=1S/C14H24OSi/c1-16(2)9-11-6-14(7-12(11)10-16)5-3-4-13(15)8-14/h11-12H,3-10H2,1-2H3/t11-,12-/m0/s1. The van der Waals surface area contributed by atoms with Crippen LogP contribution in [0.3, 0.4) is 0 Å². The summed E-state index contributed by atoms with van der Waals surface area (Å²) in [5, 5.41) is 0. The van der Waals surface area contributed by atoms with Gasteiger partial charge < -0.3 is 0 Å². The largest absolute Gasteiger partial charge is 0.300 e. The zero-order valence-electron chi connectivity index (χ0n) is 10.7. The molecule has 1 aliphatic heterocycles. The molecule has 2 heteroatoms. The van der Waals surface area contributed by atoms with Crippen molar-refractivity contribution in [1.82, 2.24) is 0 Å². The van der Waals surface area contributed by atoms with Gasteiger partial charge in [0.2, 0.25) is 0 Å². The molecule has 2 aliphatic carbocycles. The van der Waals surface area contributed by atoms with Crippen LogP contribution in [-0.2, 0) is 4.79 Å². The lowest BCUT2D eigenvalue weighted by Crippen LogP contribution is -2.29. The predicted octanol–water partition coefficient (Wildman–Crippen LogP) is 3.86. The summed E-state index contributed by atoms with van der Waals surface area (Å²) in [6.07, 6.45) is 7.14. The van der Waals surface area contributed by atoms with Crippen LogP contribution in [0.25, 0.3) is 0 Å². The van der Waals surface area contributed by atoms with Gasteiger partial charge in [0.15, 0.2) is 0 Å². The number of fused-ring (bicyclic) bond motifs is 1. The number of ketones is 1. The number of hydrogen-bond acceptors (Lipinski definition) is 1. The maximum absolute atomic E-state index is 11.7. The molecule has 2 saturated carbocycles. The highest BCUT2D eigenvalue weighted by atomic mass is 28.3. The first kappa shape index (κ1) is 11.0. The molecule has 1 spiro atoms. The Morgan fingerprint density at radius 1 is 1.19 bits per heavy atom. The van der Waals surface area contributed by atoms with Gasteiger partial charge in [-0.1, -0.05) is 25.2 Å². The third-order valence-electron chi connectivity index (χ3n) is 5.42. The molecule has 1 saturated heterocycles. The van der Waals surface area contributed by atoms with Crippen LogP contribution in [0.5, 0.6) is 0 Å². The van der Waals surface area contributed by atoms with Crippen LogP contribution in [0.4, 0.5) is 0 Å². The van der Waals surface area contributed by atoms with E-state index in [0.29, 0.717) is 11.2 Å². The smallest absolute Gasteiger partial charge is 0.133 e. The van der Waals surface area contributed by atoms with Gasteiger partial charge in [-0.05, 0) is 42.9 Å². The van der Waals surface area contributed by atoms with Gasteiger partial charge >= 0.3 is 0 Å². The van der Waals surface area contributed by atoms with Crippen LogP contribution in [0.1, 0.15) is 38.5 Å². The van der Waals surface area contributed by atoms with Crippen LogP contribution in [0.15, 0.2) is 0 Å². The van der Waals surface area contributed by atoms with Crippen LogP contribution < -0.4 is 0 Å². The molecule has 0 aromatic rings. The van der Waals surface area contributed by atoms with E-state index in [9.17, 15) is 4.79 Å². The third-order valence-corrected chi connectivity index (χ3v) is 8.68. The lowest BCUT2D eigenvalue weighted by molar-refractivity contribution is -0.123. The Morgan fingerprint density at radius 3 is 2.38 bits per heavy atom. The molecular weight excluding hydrogens is 212 g/mol. The number of hydrogen-bond donors (Lipinski definition) is 0. The fourth-order valence-electron chi connectivity index (χ4n) is 5.11. The van der Waals surface area contributed by atoms with Crippen molar-refractivity contribution in [2.75, 3.05) is 0 Å². The predicted molar refractivity (Wildman–Crippen MR) is 69.2 cm³/mol. The Morgan fingerprint density at radius 2 is 1.81 bits per heavy atom. The Bertz CT molecular complexity index is 305. The van der Waals surface area contributed by atoms with Crippen molar-refractivity contribution in [2.45, 2.75) is 63.7 Å². The Hall–Kier alpha value is -0.113. The molecule has 1 heterocycles. The average Bonchev–Trinajstić information content (AvgIpc) is 2.53. The Kier molecular flexibility index (Phi) is 2.37. The van der Waals surface area contributed by atoms with E-state index in [1.165, 1.54) is 25.7 Å². The van der Waals surface area contributed by atoms with Crippen LogP contribution in [0, 0.1) is 17.3 Å². The van der Waals surface area contributed by atoms with Gasteiger partial charge in [0.05, 0.1) is 0 Å². The summed E-state index contributed by atoms with van der Waals surface area (Å²) in [7, 11) is -0.818. The molecule has 3 fully saturated rings. The lowest BCUT2D eigenvalue weighted by Gasteiger charge is -2.34. The molecule has 0 unspecified atom stereocenters. The van der Waals surface area contributed by atoms with E-state index in [2.05, 4.69) is 13.1 Å². The first-order valence-electron chi connectivity index (χ1n) is 7.00. The first-order valence-corrected chi connectivity index (χ1v) is 10.4. The van der Waals surface area contributed by atoms with Crippen LogP contribution >= 0.6 is 0 Å². The molecule has 2 atom stereocenters. The fourth-order valence-corrected chi connectivity index (χ4v) is 9.07. The molecule has 0 radical (unpaired) electrons. The summed E-state index contributed by atoms with van der Waals surface area (Å²) in [6, 6.07) is 3.10. The minimum absolute atomic E-state index is 0.482. The van der Waals surface area contributed by atoms with E-state index in [1.54, 1.807) is 12.1 Å². The number of carbonyl (C=O) groups excluding carboxylic acids is 1. The molecule has 0 N–H and O–H groups in total. The van der Waals surface area contributed by atoms with Crippen molar-refractivity contribution in [3.63, 3.8) is 0 Å². The van der Waals surface area contributed by atoms with Gasteiger partial charge in [-0.25, -0.2) is 0 Å². The molecular formula is C14H24OSi. The van der Waals surface area contributed by atoms with E-state index < -0.39 is 8.07 Å². The van der Waals surface area contributed by atoms with E-state index in [-0.39, 0.29) is 0 Å². The van der Waals surface area contributed by atoms with Crippen LogP contribution in [-0.4, -0.2) is 13.9 Å². The number of Topliss-reactive ketones (excluding diaryl/α,β-unsaturated/α-hetero) is 1. The number of carbonyl (C=O) groups is 1. The van der Waals surface area contributed by atoms with E-state index in [0.717, 1.165) is 24.7 Å². The van der Waals surface area contributed by atoms with E-state index in [4.69, 9.17) is 0 Å². The highest BCUT2D eigenvalue weighted by Crippen LogP contribution is 2.60. The fraction of sp³-hybridized carbons (Fsp3) is 0.929. The van der Waals surface area contributed by atoms with Gasteiger partial charge in [-0.3, -0.25) is 4.79 Å². The quantitative estimate of drug-likeness (QED) is 0.584. The lowest BCUT2D eigenvalue weighted by atomic mass is 9.72. The Labute approximate surface area is 100 Å². The van der Waals surface area contributed by atoms with Crippen molar-refractivity contribution < 1.29 is 4.79 Å². The highest BCUT2D eigenvalue weighted by molar-refractivity contribution is 6.78. The molecule has 3 aliphatic rings. The second kappa shape index (κ2) is 3.44. The van der Waals surface area contributed by atoms with Crippen molar-refractivity contribution >= 4 is 13.9 Å². The SMILES string of the molecule is C[Si]1(C)C[C@@H]2CC3(CCCC(=O)C3)C[C@H]2C1. The van der Waals surface area contributed by atoms with Gasteiger partial charge in [0.25, 0.3) is 0 Å². The third kappa shape index (κ3) is 1.79. The molecule has 16 heavy (non-hydrogen) atoms. The minimum atomic E-state index is -0.818. The van der Waals surface area contributed by atoms with Gasteiger partial charge in [0.1, 0.15) is 5.78 Å². The second-order valence-electron chi connectivity index (χ2n) is 7.57. The summed E-state index contributed by atoms with van der Waals surface area (Å²) < 4.78 is 0. The maximum atomic E-state index is 11.7. The van der Waals surface area contributed by atoms with Gasteiger partial charge in [-0.2, -0.15) is 0 Å². The van der Waals surface area contributed by atoms with Crippen molar-refractivity contribution in [2.24, 2.45) is 17.3 Å². The van der Waals surface area contributed by atoms with Crippen molar-refractivity contribution in [3.8, 4) is 0 Å². The average molecular weight is 236 g/mol. The molecule has 0 aromatic carbocycles. The zero-order valence-corrected chi connectivity index (χ0v) is 11.7. The Balaban J connectivity index is 1.73. The molecule has 3 rings (SSSR count). The minimum Gasteiger partial charge on any atom is -0.300 e. The van der Waals surface area contributed by atoms with Crippen LogP contribution in [0.2, 0.25) is 25.2 Å². The monoisotopic (exact) mass is 236 g/mol. The summed E-state index contributed by atoms with van der Waals surface area (Å²) in [5.74, 6) is 2.57. The number of rotatable bonds is 0. The molecule has 1 nitrogen and oxygen atoms in total. The normalized spacial score (nSPS) is 40.2. The molecule has 0 aromatic heterocycles. The van der Waals surface area contributed by atoms with E-state index in [1.807, 2.05) is 0 Å². The summed E-state index contributed by atoms with van der Waals surface area (Å²) in [4.78, 5) is 11.7. The zero-order chi connectivity index (χ0) is 11.4. The highest BCUT2D eigenvalue weighted by Gasteiger charge is 2.52. The summed E-state index contributed by atoms with van der Waals surface area (Å²) >= 11 is 0. The molecule has 90 valence electrons.